The van der Waals surface area contributed by atoms with E-state index in [0.717, 1.165) is 23.5 Å². The molecule has 1 aliphatic carbocycles. The number of nitrogens with zero attached hydrogens (tertiary/aromatic N) is 7. The van der Waals surface area contributed by atoms with Gasteiger partial charge in [0.05, 0.1) is 32.7 Å². The highest BCUT2D eigenvalue weighted by atomic mass is 16.8. The smallest absolute Gasteiger partial charge is 0.165 e. The molecule has 12 heteroatoms. The molecule has 1 N–H and O–H groups in total. The maximum Gasteiger partial charge on any atom is 0.165 e. The topological polar surface area (TPSA) is 141 Å². The average Bonchev–Trinajstić information content (AvgIpc) is 3.52. The van der Waals surface area contributed by atoms with Gasteiger partial charge in [0.1, 0.15) is 29.4 Å². The quantitative estimate of drug-likeness (QED) is 0.291. The Labute approximate surface area is 202 Å². The van der Waals surface area contributed by atoms with Crippen LogP contribution < -0.4 is 14.8 Å². The van der Waals surface area contributed by atoms with E-state index in [4.69, 9.17) is 24.5 Å². The number of methoxy groups -OCH3 is 2. The lowest BCUT2D eigenvalue weighted by atomic mass is 10.1. The zero-order chi connectivity index (χ0) is 24.6. The summed E-state index contributed by atoms with van der Waals surface area (Å²) in [6.45, 7) is 4.64. The van der Waals surface area contributed by atoms with Crippen molar-refractivity contribution in [3.8, 4) is 11.5 Å². The van der Waals surface area contributed by atoms with E-state index < -0.39 is 5.79 Å². The van der Waals surface area contributed by atoms with Crippen molar-refractivity contribution in [2.24, 2.45) is 11.0 Å². The second-order valence-corrected chi connectivity index (χ2v) is 9.12. The van der Waals surface area contributed by atoms with Crippen LogP contribution in [0.25, 0.3) is 21.6 Å². The van der Waals surface area contributed by atoms with Gasteiger partial charge in [-0.2, -0.15) is 0 Å². The number of azide groups is 1. The van der Waals surface area contributed by atoms with Crippen molar-refractivity contribution in [3.05, 3.63) is 46.9 Å². The molecular formula is C23H28N8O4. The molecule has 184 valence electrons. The van der Waals surface area contributed by atoms with Crippen molar-refractivity contribution in [2.75, 3.05) is 26.1 Å². The summed E-state index contributed by atoms with van der Waals surface area (Å²) in [5.74, 6) is 1.40. The normalized spacial score (nSPS) is 24.7. The first-order chi connectivity index (χ1) is 16.9. The summed E-state index contributed by atoms with van der Waals surface area (Å²) in [6, 6.07) is 5.62. The largest absolute Gasteiger partial charge is 0.497 e. The van der Waals surface area contributed by atoms with E-state index in [2.05, 4.69) is 30.3 Å². The lowest BCUT2D eigenvalue weighted by molar-refractivity contribution is -0.159. The Morgan fingerprint density at radius 2 is 2.03 bits per heavy atom. The minimum atomic E-state index is -0.710. The van der Waals surface area contributed by atoms with Crippen LogP contribution in [0.2, 0.25) is 0 Å². The summed E-state index contributed by atoms with van der Waals surface area (Å²) in [7, 11) is 3.25. The van der Waals surface area contributed by atoms with Gasteiger partial charge < -0.3 is 28.8 Å². The molecule has 3 aromatic rings. The van der Waals surface area contributed by atoms with Crippen LogP contribution in [0.3, 0.4) is 0 Å². The molecule has 2 fully saturated rings. The van der Waals surface area contributed by atoms with Crippen molar-refractivity contribution < 1.29 is 18.9 Å². The van der Waals surface area contributed by atoms with E-state index in [9.17, 15) is 0 Å². The third-order valence-electron chi connectivity index (χ3n) is 6.59. The van der Waals surface area contributed by atoms with Crippen molar-refractivity contribution in [1.29, 1.82) is 0 Å². The van der Waals surface area contributed by atoms with Crippen LogP contribution in [0.15, 0.2) is 36.0 Å². The Kier molecular flexibility index (Phi) is 6.10. The first-order valence-corrected chi connectivity index (χ1v) is 11.4. The highest BCUT2D eigenvalue weighted by molar-refractivity contribution is 5.82. The van der Waals surface area contributed by atoms with Gasteiger partial charge in [-0.05, 0) is 43.9 Å². The fourth-order valence-electron chi connectivity index (χ4n) is 5.05. The number of benzene rings is 1. The first kappa shape index (κ1) is 23.2. The SMILES string of the molecule is COc1ccc(CNc2ncnc3c2ncn3[C@@H]2C[C@H](CN=[N+]=[N-])[C@H]3OC(C)(C)O[C@H]32)c(OC)c1. The summed E-state index contributed by atoms with van der Waals surface area (Å²) in [5, 5.41) is 7.16. The van der Waals surface area contributed by atoms with Gasteiger partial charge in [-0.3, -0.25) is 0 Å². The van der Waals surface area contributed by atoms with Gasteiger partial charge in [0, 0.05) is 29.6 Å². The zero-order valence-electron chi connectivity index (χ0n) is 20.1. The zero-order valence-corrected chi connectivity index (χ0v) is 20.1. The molecule has 0 radical (unpaired) electrons. The number of aromatic nitrogens is 4. The predicted octanol–water partition coefficient (Wildman–Crippen LogP) is 3.85. The number of hydrogen-bond acceptors (Lipinski definition) is 9. The number of fused-ring (bicyclic) bond motifs is 2. The molecule has 0 spiro atoms. The fraction of sp³-hybridized carbons (Fsp3) is 0.522. The van der Waals surface area contributed by atoms with Gasteiger partial charge in [0.2, 0.25) is 0 Å². The Morgan fingerprint density at radius 3 is 2.80 bits per heavy atom. The first-order valence-electron chi connectivity index (χ1n) is 11.4. The van der Waals surface area contributed by atoms with E-state index >= 15 is 0 Å². The third kappa shape index (κ3) is 4.31. The Hall–Kier alpha value is -3.60. The van der Waals surface area contributed by atoms with Crippen LogP contribution in [-0.4, -0.2) is 58.3 Å². The Balaban J connectivity index is 1.41. The standard InChI is InChI=1S/C23H28N8O4/c1-23(2)34-19-14(10-29-30-24)7-16(20(19)35-23)31-12-28-18-21(26-11-27-22(18)31)25-9-13-5-6-15(32-3)8-17(13)33-4/h5-6,8,11-12,14,16,19-20H,7,9-10H2,1-4H3,(H,25,26,27)/t14-,16-,19-,20+/m1/s1. The highest BCUT2D eigenvalue weighted by Gasteiger charge is 2.54. The minimum Gasteiger partial charge on any atom is -0.497 e. The van der Waals surface area contributed by atoms with Crippen molar-refractivity contribution in [2.45, 2.75) is 50.8 Å². The van der Waals surface area contributed by atoms with Gasteiger partial charge >= 0.3 is 0 Å². The molecule has 2 aliphatic rings. The summed E-state index contributed by atoms with van der Waals surface area (Å²) in [5.41, 5.74) is 11.1. The molecule has 2 aromatic heterocycles. The number of rotatable bonds is 8. The van der Waals surface area contributed by atoms with Crippen LogP contribution in [0, 0.1) is 5.92 Å². The number of ether oxygens (including phenoxy) is 4. The second-order valence-electron chi connectivity index (χ2n) is 9.12. The van der Waals surface area contributed by atoms with Crippen LogP contribution in [0.5, 0.6) is 11.5 Å². The minimum absolute atomic E-state index is 0.0436. The molecule has 1 aliphatic heterocycles. The summed E-state index contributed by atoms with van der Waals surface area (Å²) < 4.78 is 25.2. The lowest BCUT2D eigenvalue weighted by Crippen LogP contribution is -2.27. The maximum absolute atomic E-state index is 8.82. The van der Waals surface area contributed by atoms with E-state index in [1.807, 2.05) is 36.6 Å². The number of nitrogens with one attached hydrogen (secondary N) is 1. The average molecular weight is 481 g/mol. The van der Waals surface area contributed by atoms with E-state index in [-0.39, 0.29) is 24.2 Å². The molecular weight excluding hydrogens is 452 g/mol. The van der Waals surface area contributed by atoms with Crippen LogP contribution in [0.4, 0.5) is 5.82 Å². The molecule has 1 aromatic carbocycles. The summed E-state index contributed by atoms with van der Waals surface area (Å²) in [4.78, 5) is 16.5. The number of imidazole rings is 1. The molecule has 0 bridgehead atoms. The second kappa shape index (κ2) is 9.21. The van der Waals surface area contributed by atoms with E-state index in [1.54, 1.807) is 20.5 Å². The molecule has 3 heterocycles. The predicted molar refractivity (Wildman–Crippen MR) is 127 cm³/mol. The Morgan fingerprint density at radius 1 is 1.20 bits per heavy atom. The molecule has 35 heavy (non-hydrogen) atoms. The van der Waals surface area contributed by atoms with Gasteiger partial charge in [-0.15, -0.1) is 0 Å². The van der Waals surface area contributed by atoms with Gasteiger partial charge in [0.25, 0.3) is 0 Å². The fourth-order valence-corrected chi connectivity index (χ4v) is 5.05. The maximum atomic E-state index is 8.82. The lowest BCUT2D eigenvalue weighted by Gasteiger charge is -2.23. The van der Waals surface area contributed by atoms with E-state index in [0.29, 0.717) is 30.1 Å². The molecule has 5 rings (SSSR count). The molecule has 0 unspecified atom stereocenters. The van der Waals surface area contributed by atoms with Crippen LogP contribution in [-0.2, 0) is 16.0 Å². The van der Waals surface area contributed by atoms with Gasteiger partial charge in [-0.1, -0.05) is 5.11 Å². The van der Waals surface area contributed by atoms with Crippen LogP contribution in [0.1, 0.15) is 31.9 Å². The third-order valence-corrected chi connectivity index (χ3v) is 6.59. The van der Waals surface area contributed by atoms with Gasteiger partial charge in [-0.25, -0.2) is 15.0 Å². The molecule has 1 saturated heterocycles. The van der Waals surface area contributed by atoms with Crippen LogP contribution >= 0.6 is 0 Å². The van der Waals surface area contributed by atoms with Crippen molar-refractivity contribution in [3.63, 3.8) is 0 Å². The van der Waals surface area contributed by atoms with Crippen molar-refractivity contribution in [1.82, 2.24) is 19.5 Å². The molecule has 0 amide bonds. The Bertz CT molecular complexity index is 1270. The van der Waals surface area contributed by atoms with Crippen molar-refractivity contribution >= 4 is 17.0 Å². The number of hydrogen-bond donors (Lipinski definition) is 1. The van der Waals surface area contributed by atoms with Gasteiger partial charge in [0.15, 0.2) is 17.3 Å². The molecule has 4 atom stereocenters. The summed E-state index contributed by atoms with van der Waals surface area (Å²) >= 11 is 0. The number of anilines is 1. The molecule has 1 saturated carbocycles. The highest BCUT2D eigenvalue weighted by Crippen LogP contribution is 2.47. The summed E-state index contributed by atoms with van der Waals surface area (Å²) in [6.07, 6.45) is 3.65. The monoisotopic (exact) mass is 480 g/mol. The van der Waals surface area contributed by atoms with E-state index in [1.165, 1.54) is 6.33 Å². The molecule has 12 nitrogen and oxygen atoms in total.